The molecule has 0 spiro atoms. The number of aromatic hydroxyl groups is 1. The average Bonchev–Trinajstić information content (AvgIpc) is 3.07. The number of esters is 1. The molecule has 292 valence electrons. The summed E-state index contributed by atoms with van der Waals surface area (Å²) in [4.78, 5) is 66.3. The second-order valence-corrected chi connectivity index (χ2v) is 14.1. The number of aryl methyl sites for hydroxylation is 2. The van der Waals surface area contributed by atoms with Gasteiger partial charge in [0.05, 0.1) is 32.0 Å². The monoisotopic (exact) mass is 769 g/mol. The molecule has 0 fully saturated rings. The van der Waals surface area contributed by atoms with Gasteiger partial charge >= 0.3 is 5.97 Å². The van der Waals surface area contributed by atoms with Crippen LogP contribution in [-0.2, 0) is 52.7 Å². The third-order valence-corrected chi connectivity index (χ3v) is 9.24. The molecule has 0 radical (unpaired) electrons. The van der Waals surface area contributed by atoms with E-state index in [4.69, 9.17) is 11.5 Å². The molecule has 0 saturated carbocycles. The number of nitrogens with two attached hydrogens (primary N) is 2. The Labute approximate surface area is 315 Å². The zero-order valence-corrected chi connectivity index (χ0v) is 32.1. The molecular weight excluding hydrogens is 714 g/mol. The minimum atomic E-state index is -1.17. The molecule has 16 heteroatoms. The first-order valence-electron chi connectivity index (χ1n) is 16.9. The van der Waals surface area contributed by atoms with Crippen LogP contribution in [-0.4, -0.2) is 100.0 Å². The lowest BCUT2D eigenvalue weighted by Crippen LogP contribution is -2.56. The number of methoxy groups -OCH3 is 1. The van der Waals surface area contributed by atoms with Gasteiger partial charge in [-0.05, 0) is 67.5 Å². The first-order valence-corrected chi connectivity index (χ1v) is 18.6. The van der Waals surface area contributed by atoms with Crippen LogP contribution in [0.15, 0.2) is 42.5 Å². The molecule has 2 rings (SSSR count). The van der Waals surface area contributed by atoms with E-state index in [0.29, 0.717) is 25.7 Å². The molecule has 0 aliphatic heterocycles. The number of imide groups is 1. The topological polar surface area (TPSA) is 249 Å². The molecule has 2 unspecified atom stereocenters. The summed E-state index contributed by atoms with van der Waals surface area (Å²) in [6.07, 6.45) is 5.64. The van der Waals surface area contributed by atoms with E-state index in [9.17, 15) is 33.6 Å². The molecule has 9 N–H and O–H groups in total. The summed E-state index contributed by atoms with van der Waals surface area (Å²) in [5.74, 6) is -2.53. The number of hydrogen-bond donors (Lipinski definition) is 5. The Kier molecular flexibility index (Phi) is 23.5. The van der Waals surface area contributed by atoms with Crippen molar-refractivity contribution in [2.24, 2.45) is 11.5 Å². The normalized spacial score (nSPS) is 12.9. The summed E-state index contributed by atoms with van der Waals surface area (Å²) in [6.45, 7) is 3.35. The molecule has 52 heavy (non-hydrogen) atoms. The smallest absolute Gasteiger partial charge is 0.305 e. The number of carbonyl (C=O) groups is 5. The number of unbranched alkanes of at least 4 members (excludes halogenated alkanes) is 4. The van der Waals surface area contributed by atoms with E-state index in [0.717, 1.165) is 35.1 Å². The van der Waals surface area contributed by atoms with E-state index >= 15 is 0 Å². The Morgan fingerprint density at radius 2 is 1.50 bits per heavy atom. The lowest BCUT2D eigenvalue weighted by molar-refractivity contribution is -0.143. The molecular formula is C36H56ClN5O9S. The number of benzene rings is 2. The van der Waals surface area contributed by atoms with Crippen molar-refractivity contribution in [2.75, 3.05) is 32.2 Å². The number of carbonyl (C=O) groups excluding carboxylic acids is 5. The maximum atomic E-state index is 13.8. The van der Waals surface area contributed by atoms with Gasteiger partial charge < -0.3 is 41.6 Å². The molecule has 4 amide bonds. The van der Waals surface area contributed by atoms with Crippen LogP contribution in [0.2, 0.25) is 0 Å². The molecule has 0 heterocycles. The largest absolute Gasteiger partial charge is 0.617 e. The molecule has 0 saturated heterocycles. The number of ether oxygens (including phenoxy) is 1. The summed E-state index contributed by atoms with van der Waals surface area (Å²) >= 11 is -1.17. The van der Waals surface area contributed by atoms with Gasteiger partial charge in [-0.1, -0.05) is 60.8 Å². The van der Waals surface area contributed by atoms with Gasteiger partial charge in [0.25, 0.3) is 0 Å². The van der Waals surface area contributed by atoms with Crippen LogP contribution in [0.1, 0.15) is 67.2 Å². The molecule has 14 nitrogen and oxygen atoms in total. The summed E-state index contributed by atoms with van der Waals surface area (Å²) in [7, 11) is 1.35. The van der Waals surface area contributed by atoms with Crippen molar-refractivity contribution in [2.45, 2.75) is 89.8 Å². The number of nitrogens with zero attached hydrogens (tertiary/aromatic N) is 1. The van der Waals surface area contributed by atoms with E-state index in [-0.39, 0.29) is 61.2 Å². The zero-order valence-electron chi connectivity index (χ0n) is 30.5. The van der Waals surface area contributed by atoms with Crippen molar-refractivity contribution in [3.8, 4) is 5.75 Å². The first kappa shape index (κ1) is 48.3. The van der Waals surface area contributed by atoms with Crippen molar-refractivity contribution in [1.29, 1.82) is 0 Å². The zero-order chi connectivity index (χ0) is 37.2. The maximum Gasteiger partial charge on any atom is 0.305 e. The predicted octanol–water partition coefficient (Wildman–Crippen LogP) is 1.28. The highest BCUT2D eigenvalue weighted by Crippen LogP contribution is 2.22. The number of halogens is 1. The lowest BCUT2D eigenvalue weighted by atomic mass is 9.96. The number of phenolic OH excluding ortho intramolecular Hbond substituents is 1. The summed E-state index contributed by atoms with van der Waals surface area (Å²) in [5, 5.41) is 14.8. The highest BCUT2D eigenvalue weighted by atomic mass is 35.5. The highest BCUT2D eigenvalue weighted by Gasteiger charge is 2.32. The van der Waals surface area contributed by atoms with E-state index in [2.05, 4.69) is 15.4 Å². The van der Waals surface area contributed by atoms with Crippen molar-refractivity contribution in [3.63, 3.8) is 0 Å². The predicted molar refractivity (Wildman–Crippen MR) is 203 cm³/mol. The summed E-state index contributed by atoms with van der Waals surface area (Å²) < 4.78 is 16.2. The molecule has 0 aromatic heterocycles. The van der Waals surface area contributed by atoms with Gasteiger partial charge in [-0.2, -0.15) is 0 Å². The Balaban J connectivity index is 0.0000130. The Bertz CT molecular complexity index is 1410. The molecule has 0 bridgehead atoms. The van der Waals surface area contributed by atoms with Crippen LogP contribution in [0.25, 0.3) is 0 Å². The number of hydrogen-bond acceptors (Lipinski definition) is 10. The van der Waals surface area contributed by atoms with E-state index in [1.165, 1.54) is 18.3 Å². The molecule has 4 atom stereocenters. The SMILES string of the molecule is COC(=O)CCCCCCCN(C(=O)CNC(=O)[C@@H](N)Cc1c(C)cc(O)cc1C)[C@@H](Cc1ccccc1)C(=O)NC(=O)C(N)CC[S+](C)[O-].Cl.O. The number of nitrogens with one attached hydrogen (secondary N) is 2. The lowest BCUT2D eigenvalue weighted by Gasteiger charge is -2.31. The van der Waals surface area contributed by atoms with E-state index < -0.39 is 59.5 Å². The summed E-state index contributed by atoms with van der Waals surface area (Å²) in [6, 6.07) is 9.05. The number of phenols is 1. The fraction of sp³-hybridized carbons (Fsp3) is 0.528. The van der Waals surface area contributed by atoms with Gasteiger partial charge in [0, 0.05) is 25.8 Å². The number of rotatable bonds is 21. The second-order valence-electron chi connectivity index (χ2n) is 12.5. The van der Waals surface area contributed by atoms with Crippen molar-refractivity contribution in [3.05, 3.63) is 64.7 Å². The Morgan fingerprint density at radius 3 is 2.10 bits per heavy atom. The van der Waals surface area contributed by atoms with Crippen LogP contribution >= 0.6 is 12.4 Å². The highest BCUT2D eigenvalue weighted by molar-refractivity contribution is 7.90. The molecule has 2 aromatic rings. The van der Waals surface area contributed by atoms with Crippen molar-refractivity contribution >= 4 is 53.2 Å². The first-order chi connectivity index (χ1) is 23.7. The van der Waals surface area contributed by atoms with Gasteiger partial charge in [0.2, 0.25) is 23.6 Å². The number of amides is 4. The Morgan fingerprint density at radius 1 is 0.904 bits per heavy atom. The maximum absolute atomic E-state index is 13.8. The fourth-order valence-electron chi connectivity index (χ4n) is 5.54. The minimum Gasteiger partial charge on any atom is -0.617 e. The molecule has 0 aliphatic rings. The van der Waals surface area contributed by atoms with Crippen LogP contribution in [0.3, 0.4) is 0 Å². The van der Waals surface area contributed by atoms with Gasteiger partial charge in [-0.25, -0.2) is 0 Å². The fourth-order valence-corrected chi connectivity index (χ4v) is 6.13. The Hall–Kier alpha value is -3.73. The average molecular weight is 770 g/mol. The van der Waals surface area contributed by atoms with Crippen LogP contribution in [0.5, 0.6) is 5.75 Å². The second kappa shape index (κ2) is 25.3. The van der Waals surface area contributed by atoms with E-state index in [1.54, 1.807) is 24.3 Å². The van der Waals surface area contributed by atoms with Crippen molar-refractivity contribution < 1.29 is 43.8 Å². The van der Waals surface area contributed by atoms with Gasteiger partial charge in [-0.15, -0.1) is 12.4 Å². The van der Waals surface area contributed by atoms with E-state index in [1.807, 2.05) is 32.0 Å². The third-order valence-electron chi connectivity index (χ3n) is 8.43. The van der Waals surface area contributed by atoms with Crippen LogP contribution in [0, 0.1) is 13.8 Å². The summed E-state index contributed by atoms with van der Waals surface area (Å²) in [5.41, 5.74) is 15.3. The van der Waals surface area contributed by atoms with Crippen LogP contribution in [0.4, 0.5) is 0 Å². The molecule has 2 aromatic carbocycles. The van der Waals surface area contributed by atoms with Gasteiger partial charge in [0.1, 0.15) is 17.5 Å². The van der Waals surface area contributed by atoms with Gasteiger partial charge in [-0.3, -0.25) is 29.3 Å². The standard InChI is InChI=1S/C36H53N5O8S.ClH.H2O/c1-24-19-27(42)20-25(2)28(24)22-30(38)34(45)39-23-32(43)41(17-12-7-5-6-11-15-33(44)49-3)31(21-26-13-9-8-10-14-26)36(47)40-35(46)29(37)16-18-50(4)48;;/h8-10,13-14,19-20,29-31,42H,5-7,11-12,15-18,21-23,37-38H2,1-4H3,(H,39,45)(H,40,46,47);1H;1H2/t29?,30-,31-,50?;;/m0../s1. The molecule has 0 aliphatic carbocycles. The quantitative estimate of drug-likeness (QED) is 0.0691. The minimum absolute atomic E-state index is 0. The van der Waals surface area contributed by atoms with Crippen LogP contribution < -0.4 is 22.1 Å². The van der Waals surface area contributed by atoms with Crippen molar-refractivity contribution in [1.82, 2.24) is 15.5 Å². The van der Waals surface area contributed by atoms with Gasteiger partial charge in [0.15, 0.2) is 0 Å². The third kappa shape index (κ3) is 17.2.